The molecule has 3 aromatic rings. The number of benzene rings is 2. The van der Waals surface area contributed by atoms with E-state index >= 15 is 0 Å². The fourth-order valence-electron chi connectivity index (χ4n) is 2.05. The second-order valence-electron chi connectivity index (χ2n) is 4.52. The summed E-state index contributed by atoms with van der Waals surface area (Å²) in [7, 11) is 0. The van der Waals surface area contributed by atoms with E-state index in [1.54, 1.807) is 24.3 Å². The summed E-state index contributed by atoms with van der Waals surface area (Å²) in [5.74, 6) is 0.666. The van der Waals surface area contributed by atoms with Crippen LogP contribution >= 0.6 is 15.9 Å². The minimum absolute atomic E-state index is 0.132. The number of hydrogen-bond donors (Lipinski definition) is 1. The number of aromatic hydroxyl groups is 1. The number of halogens is 1. The summed E-state index contributed by atoms with van der Waals surface area (Å²) in [5, 5.41) is 10.2. The monoisotopic (exact) mass is 346 g/mol. The van der Waals surface area contributed by atoms with Crippen molar-refractivity contribution in [2.75, 3.05) is 0 Å². The highest BCUT2D eigenvalue weighted by Gasteiger charge is 2.07. The average molecular weight is 347 g/mol. The Hall–Kier alpha value is -2.27. The zero-order valence-electron chi connectivity index (χ0n) is 10.9. The Morgan fingerprint density at radius 3 is 2.81 bits per heavy atom. The lowest BCUT2D eigenvalue weighted by Crippen LogP contribution is -2.04. The van der Waals surface area contributed by atoms with Crippen LogP contribution in [0.15, 0.2) is 62.2 Å². The molecule has 106 valence electrons. The van der Waals surface area contributed by atoms with Gasteiger partial charge in [-0.3, -0.25) is 0 Å². The van der Waals surface area contributed by atoms with Gasteiger partial charge in [0.25, 0.3) is 0 Å². The van der Waals surface area contributed by atoms with E-state index in [4.69, 9.17) is 9.15 Å². The van der Waals surface area contributed by atoms with Crippen molar-refractivity contribution in [3.05, 3.63) is 69.0 Å². The van der Waals surface area contributed by atoms with E-state index in [-0.39, 0.29) is 12.4 Å². The van der Waals surface area contributed by atoms with E-state index in [0.29, 0.717) is 11.3 Å². The quantitative estimate of drug-likeness (QED) is 0.732. The van der Waals surface area contributed by atoms with Crippen LogP contribution in [0.3, 0.4) is 0 Å². The molecule has 1 heterocycles. The van der Waals surface area contributed by atoms with Gasteiger partial charge in [-0.1, -0.05) is 22.0 Å². The van der Waals surface area contributed by atoms with Gasteiger partial charge in [-0.25, -0.2) is 4.79 Å². The fourth-order valence-corrected chi connectivity index (χ4v) is 2.41. The molecule has 5 heteroatoms. The number of phenols is 1. The third-order valence-corrected chi connectivity index (χ3v) is 3.50. The molecular weight excluding hydrogens is 336 g/mol. The van der Waals surface area contributed by atoms with Gasteiger partial charge in [0.15, 0.2) is 0 Å². The number of rotatable bonds is 3. The van der Waals surface area contributed by atoms with Crippen molar-refractivity contribution in [1.82, 2.24) is 0 Å². The van der Waals surface area contributed by atoms with Crippen LogP contribution in [0.1, 0.15) is 5.56 Å². The highest BCUT2D eigenvalue weighted by atomic mass is 79.9. The normalized spacial score (nSPS) is 10.7. The molecule has 3 rings (SSSR count). The number of ether oxygens (including phenoxy) is 1. The molecule has 0 fully saturated rings. The molecular formula is C16H11BrO4. The van der Waals surface area contributed by atoms with Crippen LogP contribution in [0.2, 0.25) is 0 Å². The first-order valence-electron chi connectivity index (χ1n) is 6.26. The summed E-state index contributed by atoms with van der Waals surface area (Å²) in [4.78, 5) is 11.6. The Labute approximate surface area is 128 Å². The van der Waals surface area contributed by atoms with Gasteiger partial charge in [0.1, 0.15) is 23.7 Å². The molecule has 1 aromatic heterocycles. The van der Waals surface area contributed by atoms with Crippen molar-refractivity contribution in [3.8, 4) is 11.5 Å². The Balaban J connectivity index is 1.96. The van der Waals surface area contributed by atoms with E-state index in [9.17, 15) is 9.90 Å². The first kappa shape index (κ1) is 13.7. The Morgan fingerprint density at radius 2 is 2.00 bits per heavy atom. The molecule has 1 N–H and O–H groups in total. The minimum Gasteiger partial charge on any atom is -0.508 e. The summed E-state index contributed by atoms with van der Waals surface area (Å²) in [5.41, 5.74) is 0.824. The molecule has 0 unspecified atom stereocenters. The van der Waals surface area contributed by atoms with Crippen molar-refractivity contribution < 1.29 is 14.3 Å². The van der Waals surface area contributed by atoms with Crippen molar-refractivity contribution >= 4 is 26.9 Å². The molecule has 0 saturated heterocycles. The van der Waals surface area contributed by atoms with E-state index in [2.05, 4.69) is 15.9 Å². The van der Waals surface area contributed by atoms with E-state index in [1.165, 1.54) is 12.1 Å². The van der Waals surface area contributed by atoms with Crippen molar-refractivity contribution in [2.45, 2.75) is 6.61 Å². The number of hydrogen-bond acceptors (Lipinski definition) is 4. The second kappa shape index (κ2) is 5.61. The lowest BCUT2D eigenvalue weighted by molar-refractivity contribution is 0.305. The predicted octanol–water partition coefficient (Wildman–Crippen LogP) is 3.84. The fraction of sp³-hybridized carbons (Fsp3) is 0.0625. The lowest BCUT2D eigenvalue weighted by atomic mass is 10.1. The maximum absolute atomic E-state index is 11.6. The van der Waals surface area contributed by atoms with Gasteiger partial charge in [0, 0.05) is 27.6 Å². The Bertz CT molecular complexity index is 854. The molecule has 0 radical (unpaired) electrons. The van der Waals surface area contributed by atoms with Gasteiger partial charge in [-0.15, -0.1) is 0 Å². The summed E-state index contributed by atoms with van der Waals surface area (Å²) >= 11 is 3.40. The molecule has 0 amide bonds. The van der Waals surface area contributed by atoms with Crippen LogP contribution in [0.25, 0.3) is 11.0 Å². The van der Waals surface area contributed by atoms with Gasteiger partial charge in [0.05, 0.1) is 0 Å². The SMILES string of the molecule is O=c1cc(COc2cccc(O)c2)c2cc(Br)ccc2o1. The van der Waals surface area contributed by atoms with Gasteiger partial charge >= 0.3 is 5.63 Å². The molecule has 0 bridgehead atoms. The highest BCUT2D eigenvalue weighted by molar-refractivity contribution is 9.10. The van der Waals surface area contributed by atoms with Gasteiger partial charge < -0.3 is 14.3 Å². The Morgan fingerprint density at radius 1 is 1.14 bits per heavy atom. The standard InChI is InChI=1S/C16H11BrO4/c17-11-4-5-15-14(7-11)10(6-16(19)21-15)9-20-13-3-1-2-12(18)8-13/h1-8,18H,9H2. The zero-order valence-corrected chi connectivity index (χ0v) is 12.5. The van der Waals surface area contributed by atoms with Crippen LogP contribution in [-0.2, 0) is 6.61 Å². The lowest BCUT2D eigenvalue weighted by Gasteiger charge is -2.08. The molecule has 0 aliphatic carbocycles. The molecule has 4 nitrogen and oxygen atoms in total. The van der Waals surface area contributed by atoms with Crippen LogP contribution in [-0.4, -0.2) is 5.11 Å². The van der Waals surface area contributed by atoms with E-state index in [0.717, 1.165) is 15.4 Å². The van der Waals surface area contributed by atoms with Gasteiger partial charge in [-0.2, -0.15) is 0 Å². The topological polar surface area (TPSA) is 59.7 Å². The zero-order chi connectivity index (χ0) is 14.8. The first-order chi connectivity index (χ1) is 10.1. The smallest absolute Gasteiger partial charge is 0.336 e. The minimum atomic E-state index is -0.417. The third-order valence-electron chi connectivity index (χ3n) is 3.00. The largest absolute Gasteiger partial charge is 0.508 e. The summed E-state index contributed by atoms with van der Waals surface area (Å²) in [6.07, 6.45) is 0. The molecule has 0 spiro atoms. The third kappa shape index (κ3) is 3.08. The molecule has 0 aliphatic rings. The number of fused-ring (bicyclic) bond motifs is 1. The number of phenolic OH excluding ortho intramolecular Hbond substituents is 1. The van der Waals surface area contributed by atoms with Crippen LogP contribution in [0, 0.1) is 0 Å². The van der Waals surface area contributed by atoms with E-state index < -0.39 is 5.63 Å². The summed E-state index contributed by atoms with van der Waals surface area (Å²) < 4.78 is 11.7. The molecule has 21 heavy (non-hydrogen) atoms. The molecule has 2 aromatic carbocycles. The molecule has 0 saturated carbocycles. The predicted molar refractivity (Wildman–Crippen MR) is 82.6 cm³/mol. The summed E-state index contributed by atoms with van der Waals surface area (Å²) in [6, 6.07) is 13.4. The van der Waals surface area contributed by atoms with Crippen molar-refractivity contribution in [2.24, 2.45) is 0 Å². The van der Waals surface area contributed by atoms with Crippen LogP contribution < -0.4 is 10.4 Å². The summed E-state index contributed by atoms with van der Waals surface area (Å²) in [6.45, 7) is 0.210. The molecule has 0 aliphatic heterocycles. The van der Waals surface area contributed by atoms with E-state index in [1.807, 2.05) is 12.1 Å². The van der Waals surface area contributed by atoms with Crippen molar-refractivity contribution in [1.29, 1.82) is 0 Å². The van der Waals surface area contributed by atoms with Crippen LogP contribution in [0.4, 0.5) is 0 Å². The maximum atomic E-state index is 11.6. The second-order valence-corrected chi connectivity index (χ2v) is 5.43. The van der Waals surface area contributed by atoms with Gasteiger partial charge in [0.2, 0.25) is 0 Å². The highest BCUT2D eigenvalue weighted by Crippen LogP contribution is 2.24. The van der Waals surface area contributed by atoms with Gasteiger partial charge in [-0.05, 0) is 30.3 Å². The Kier molecular flexibility index (Phi) is 3.66. The maximum Gasteiger partial charge on any atom is 0.336 e. The first-order valence-corrected chi connectivity index (χ1v) is 7.05. The van der Waals surface area contributed by atoms with Crippen molar-refractivity contribution in [3.63, 3.8) is 0 Å². The molecule has 0 atom stereocenters. The average Bonchev–Trinajstić information content (AvgIpc) is 2.45. The van der Waals surface area contributed by atoms with Crippen LogP contribution in [0.5, 0.6) is 11.5 Å².